The average Bonchev–Trinajstić information content (AvgIpc) is 2.72. The van der Waals surface area contributed by atoms with E-state index in [1.165, 1.54) is 0 Å². The fourth-order valence-electron chi connectivity index (χ4n) is 2.35. The highest BCUT2D eigenvalue weighted by Crippen LogP contribution is 2.37. The molecule has 2 rings (SSSR count). The molecule has 0 bridgehead atoms. The molecule has 1 aromatic rings. The molecule has 0 saturated heterocycles. The minimum atomic E-state index is -0.825. The maximum Gasteiger partial charge on any atom is 0.320 e. The van der Waals surface area contributed by atoms with Crippen molar-refractivity contribution in [1.29, 1.82) is 0 Å². The fourth-order valence-corrected chi connectivity index (χ4v) is 2.64. The first-order chi connectivity index (χ1) is 10.6. The topological polar surface area (TPSA) is 67.8 Å². The SMILES string of the molecule is CCCCC(NCc1cc(Cl)c2c(c1)OCCCO2)C(=O)O. The molecule has 0 aliphatic carbocycles. The van der Waals surface area contributed by atoms with E-state index in [-0.39, 0.29) is 0 Å². The van der Waals surface area contributed by atoms with Crippen LogP contribution in [0.2, 0.25) is 5.02 Å². The zero-order chi connectivity index (χ0) is 15.9. The number of carbonyl (C=O) groups is 1. The van der Waals surface area contributed by atoms with E-state index < -0.39 is 12.0 Å². The lowest BCUT2D eigenvalue weighted by Gasteiger charge is -2.16. The van der Waals surface area contributed by atoms with Crippen LogP contribution in [-0.4, -0.2) is 30.3 Å². The van der Waals surface area contributed by atoms with E-state index in [0.29, 0.717) is 42.7 Å². The first kappa shape index (κ1) is 16.9. The number of halogens is 1. The van der Waals surface area contributed by atoms with E-state index in [2.05, 4.69) is 5.32 Å². The molecule has 0 radical (unpaired) electrons. The van der Waals surface area contributed by atoms with Crippen molar-refractivity contribution in [3.05, 3.63) is 22.7 Å². The van der Waals surface area contributed by atoms with Gasteiger partial charge in [-0.3, -0.25) is 4.79 Å². The maximum absolute atomic E-state index is 11.2. The molecular formula is C16H22ClNO4. The standard InChI is InChI=1S/C16H22ClNO4/c1-2-3-5-13(16(19)20)18-10-11-8-12(17)15-14(9-11)21-6-4-7-22-15/h8-9,13,18H,2-7,10H2,1H3,(H,19,20). The molecule has 0 amide bonds. The number of hydrogen-bond acceptors (Lipinski definition) is 4. The summed E-state index contributed by atoms with van der Waals surface area (Å²) in [7, 11) is 0. The van der Waals surface area contributed by atoms with Crippen LogP contribution in [0.15, 0.2) is 12.1 Å². The Bertz CT molecular complexity index is 521. The second-order valence-corrected chi connectivity index (χ2v) is 5.78. The molecule has 2 N–H and O–H groups in total. The van der Waals surface area contributed by atoms with Crippen molar-refractivity contribution >= 4 is 17.6 Å². The average molecular weight is 328 g/mol. The summed E-state index contributed by atoms with van der Waals surface area (Å²) in [4.78, 5) is 11.2. The monoisotopic (exact) mass is 327 g/mol. The molecule has 0 saturated carbocycles. The lowest BCUT2D eigenvalue weighted by molar-refractivity contribution is -0.139. The van der Waals surface area contributed by atoms with Crippen molar-refractivity contribution in [3.63, 3.8) is 0 Å². The van der Waals surface area contributed by atoms with Gasteiger partial charge in [-0.15, -0.1) is 0 Å². The van der Waals surface area contributed by atoms with Crippen LogP contribution >= 0.6 is 11.6 Å². The predicted octanol–water partition coefficient (Wildman–Crippen LogP) is 3.23. The number of carboxylic acid groups (broad SMARTS) is 1. The third-order valence-electron chi connectivity index (χ3n) is 3.56. The van der Waals surface area contributed by atoms with Crippen LogP contribution in [0.1, 0.15) is 38.2 Å². The first-order valence-electron chi connectivity index (χ1n) is 7.66. The smallest absolute Gasteiger partial charge is 0.320 e. The van der Waals surface area contributed by atoms with Crippen molar-refractivity contribution in [2.24, 2.45) is 0 Å². The largest absolute Gasteiger partial charge is 0.489 e. The molecule has 6 heteroatoms. The Kier molecular flexibility index (Phi) is 6.34. The summed E-state index contributed by atoms with van der Waals surface area (Å²) in [6.07, 6.45) is 3.29. The molecule has 5 nitrogen and oxygen atoms in total. The zero-order valence-electron chi connectivity index (χ0n) is 12.7. The Morgan fingerprint density at radius 2 is 2.18 bits per heavy atom. The van der Waals surface area contributed by atoms with Gasteiger partial charge in [-0.2, -0.15) is 0 Å². The van der Waals surface area contributed by atoms with E-state index in [0.717, 1.165) is 24.8 Å². The van der Waals surface area contributed by atoms with E-state index in [4.69, 9.17) is 21.1 Å². The van der Waals surface area contributed by atoms with Gasteiger partial charge in [-0.05, 0) is 24.1 Å². The van der Waals surface area contributed by atoms with Crippen molar-refractivity contribution in [1.82, 2.24) is 5.32 Å². The molecular weight excluding hydrogens is 306 g/mol. The molecule has 122 valence electrons. The molecule has 0 aromatic heterocycles. The van der Waals surface area contributed by atoms with Crippen molar-refractivity contribution in [2.45, 2.75) is 45.2 Å². The van der Waals surface area contributed by atoms with Gasteiger partial charge in [0.1, 0.15) is 6.04 Å². The lowest BCUT2D eigenvalue weighted by atomic mass is 10.1. The highest BCUT2D eigenvalue weighted by atomic mass is 35.5. The lowest BCUT2D eigenvalue weighted by Crippen LogP contribution is -2.36. The van der Waals surface area contributed by atoms with Gasteiger partial charge in [0.25, 0.3) is 0 Å². The van der Waals surface area contributed by atoms with Gasteiger partial charge >= 0.3 is 5.97 Å². The molecule has 1 atom stereocenters. The Labute approximate surface area is 135 Å². The van der Waals surface area contributed by atoms with Crippen LogP contribution < -0.4 is 14.8 Å². The quantitative estimate of drug-likeness (QED) is 0.804. The van der Waals surface area contributed by atoms with Crippen LogP contribution in [-0.2, 0) is 11.3 Å². The number of hydrogen-bond donors (Lipinski definition) is 2. The Balaban J connectivity index is 2.04. The van der Waals surface area contributed by atoms with Crippen LogP contribution in [0.25, 0.3) is 0 Å². The highest BCUT2D eigenvalue weighted by molar-refractivity contribution is 6.32. The van der Waals surface area contributed by atoms with Gasteiger partial charge in [0.05, 0.1) is 18.2 Å². The minimum absolute atomic E-state index is 0.428. The Morgan fingerprint density at radius 3 is 2.91 bits per heavy atom. The van der Waals surface area contributed by atoms with Crippen LogP contribution in [0, 0.1) is 0 Å². The van der Waals surface area contributed by atoms with Crippen molar-refractivity contribution in [3.8, 4) is 11.5 Å². The summed E-state index contributed by atoms with van der Waals surface area (Å²) in [6.45, 7) is 3.65. The third-order valence-corrected chi connectivity index (χ3v) is 3.84. The molecule has 0 fully saturated rings. The van der Waals surface area contributed by atoms with Gasteiger partial charge in [0, 0.05) is 13.0 Å². The number of nitrogens with one attached hydrogen (secondary N) is 1. The van der Waals surface area contributed by atoms with E-state index >= 15 is 0 Å². The van der Waals surface area contributed by atoms with Crippen LogP contribution in [0.3, 0.4) is 0 Å². The van der Waals surface area contributed by atoms with E-state index in [1.807, 2.05) is 13.0 Å². The number of ether oxygens (including phenoxy) is 2. The summed E-state index contributed by atoms with van der Waals surface area (Å²) >= 11 is 6.23. The zero-order valence-corrected chi connectivity index (χ0v) is 13.5. The molecule has 1 aliphatic heterocycles. The number of carboxylic acids is 1. The number of unbranched alkanes of at least 4 members (excludes halogenated alkanes) is 1. The second-order valence-electron chi connectivity index (χ2n) is 5.37. The van der Waals surface area contributed by atoms with Crippen LogP contribution in [0.4, 0.5) is 0 Å². The minimum Gasteiger partial charge on any atom is -0.489 e. The van der Waals surface area contributed by atoms with E-state index in [9.17, 15) is 9.90 Å². The number of fused-ring (bicyclic) bond motifs is 1. The molecule has 22 heavy (non-hydrogen) atoms. The van der Waals surface area contributed by atoms with Crippen molar-refractivity contribution in [2.75, 3.05) is 13.2 Å². The number of aliphatic carboxylic acids is 1. The van der Waals surface area contributed by atoms with Gasteiger partial charge < -0.3 is 19.9 Å². The van der Waals surface area contributed by atoms with Gasteiger partial charge in [0.2, 0.25) is 0 Å². The molecule has 1 heterocycles. The Morgan fingerprint density at radius 1 is 1.41 bits per heavy atom. The molecule has 0 spiro atoms. The first-order valence-corrected chi connectivity index (χ1v) is 8.03. The van der Waals surface area contributed by atoms with Gasteiger partial charge in [-0.25, -0.2) is 0 Å². The fraction of sp³-hybridized carbons (Fsp3) is 0.562. The maximum atomic E-state index is 11.2. The van der Waals surface area contributed by atoms with Crippen molar-refractivity contribution < 1.29 is 19.4 Å². The predicted molar refractivity (Wildman–Crippen MR) is 84.8 cm³/mol. The normalized spacial score (nSPS) is 15.2. The Hall–Kier alpha value is -1.46. The van der Waals surface area contributed by atoms with Gasteiger partial charge in [0.15, 0.2) is 11.5 Å². The summed E-state index contributed by atoms with van der Waals surface area (Å²) in [5.74, 6) is 0.375. The van der Waals surface area contributed by atoms with E-state index in [1.54, 1.807) is 6.07 Å². The van der Waals surface area contributed by atoms with Crippen LogP contribution in [0.5, 0.6) is 11.5 Å². The number of rotatable bonds is 7. The number of benzene rings is 1. The van der Waals surface area contributed by atoms with Gasteiger partial charge in [-0.1, -0.05) is 31.4 Å². The molecule has 1 aromatic carbocycles. The summed E-state index contributed by atoms with van der Waals surface area (Å²) in [6, 6.07) is 3.11. The molecule has 1 unspecified atom stereocenters. The molecule has 1 aliphatic rings. The third kappa shape index (κ3) is 4.52. The summed E-state index contributed by atoms with van der Waals surface area (Å²) < 4.78 is 11.2. The highest BCUT2D eigenvalue weighted by Gasteiger charge is 2.18. The summed E-state index contributed by atoms with van der Waals surface area (Å²) in [5.41, 5.74) is 0.886. The second kappa shape index (κ2) is 8.25. The summed E-state index contributed by atoms with van der Waals surface area (Å²) in [5, 5.41) is 12.8.